The Morgan fingerprint density at radius 3 is 2.58 bits per heavy atom. The lowest BCUT2D eigenvalue weighted by Crippen LogP contribution is -2.26. The SMILES string of the molecule is Cc1cccc(-n2nc(C(=O)NCCC(C)C)nc2-c2ccccc2)c1. The van der Waals surface area contributed by atoms with E-state index in [2.05, 4.69) is 29.2 Å². The van der Waals surface area contributed by atoms with Crippen LogP contribution in [0.15, 0.2) is 54.6 Å². The summed E-state index contributed by atoms with van der Waals surface area (Å²) >= 11 is 0. The number of hydrogen-bond donors (Lipinski definition) is 1. The van der Waals surface area contributed by atoms with Gasteiger partial charge in [0.05, 0.1) is 5.69 Å². The Bertz CT molecular complexity index is 884. The van der Waals surface area contributed by atoms with Gasteiger partial charge in [-0.05, 0) is 37.0 Å². The fourth-order valence-electron chi connectivity index (χ4n) is 2.68. The minimum Gasteiger partial charge on any atom is -0.349 e. The normalized spacial score (nSPS) is 10.9. The van der Waals surface area contributed by atoms with Crippen LogP contribution in [0.2, 0.25) is 0 Å². The van der Waals surface area contributed by atoms with Gasteiger partial charge in [0.1, 0.15) is 0 Å². The summed E-state index contributed by atoms with van der Waals surface area (Å²) in [6.45, 7) is 6.91. The molecule has 0 radical (unpaired) electrons. The number of benzene rings is 2. The van der Waals surface area contributed by atoms with Crippen LogP contribution in [-0.4, -0.2) is 27.2 Å². The molecule has 0 aliphatic rings. The summed E-state index contributed by atoms with van der Waals surface area (Å²) in [6, 6.07) is 17.8. The van der Waals surface area contributed by atoms with Gasteiger partial charge in [0.25, 0.3) is 5.91 Å². The summed E-state index contributed by atoms with van der Waals surface area (Å²) in [4.78, 5) is 17.0. The van der Waals surface area contributed by atoms with E-state index in [0.29, 0.717) is 18.3 Å². The Morgan fingerprint density at radius 1 is 1.12 bits per heavy atom. The fraction of sp³-hybridized carbons (Fsp3) is 0.286. The number of aryl methyl sites for hydroxylation is 1. The maximum absolute atomic E-state index is 12.5. The van der Waals surface area contributed by atoms with E-state index in [1.807, 2.05) is 61.5 Å². The first-order valence-corrected chi connectivity index (χ1v) is 8.92. The fourth-order valence-corrected chi connectivity index (χ4v) is 2.68. The van der Waals surface area contributed by atoms with Crippen molar-refractivity contribution in [3.63, 3.8) is 0 Å². The van der Waals surface area contributed by atoms with Gasteiger partial charge in [-0.25, -0.2) is 9.67 Å². The van der Waals surface area contributed by atoms with Gasteiger partial charge in [0.2, 0.25) is 5.82 Å². The van der Waals surface area contributed by atoms with Gasteiger partial charge in [-0.2, -0.15) is 0 Å². The average molecular weight is 348 g/mol. The molecule has 134 valence electrons. The molecule has 0 bridgehead atoms. The molecule has 2 aromatic carbocycles. The van der Waals surface area contributed by atoms with Gasteiger partial charge in [-0.15, -0.1) is 5.10 Å². The molecule has 1 amide bonds. The third kappa shape index (κ3) is 4.17. The Labute approximate surface area is 154 Å². The molecule has 0 aliphatic carbocycles. The van der Waals surface area contributed by atoms with Crippen LogP contribution in [0.25, 0.3) is 17.1 Å². The van der Waals surface area contributed by atoms with Crippen LogP contribution < -0.4 is 5.32 Å². The molecule has 0 fully saturated rings. The molecule has 0 saturated carbocycles. The maximum atomic E-state index is 12.5. The number of carbonyl (C=O) groups excluding carboxylic acids is 1. The molecule has 1 aromatic heterocycles. The van der Waals surface area contributed by atoms with Crippen LogP contribution in [0.4, 0.5) is 0 Å². The molecule has 1 heterocycles. The van der Waals surface area contributed by atoms with E-state index in [-0.39, 0.29) is 11.7 Å². The summed E-state index contributed by atoms with van der Waals surface area (Å²) in [6.07, 6.45) is 0.926. The lowest BCUT2D eigenvalue weighted by atomic mass is 10.1. The van der Waals surface area contributed by atoms with Crippen molar-refractivity contribution in [1.82, 2.24) is 20.1 Å². The van der Waals surface area contributed by atoms with E-state index in [4.69, 9.17) is 0 Å². The monoisotopic (exact) mass is 348 g/mol. The van der Waals surface area contributed by atoms with E-state index in [9.17, 15) is 4.79 Å². The van der Waals surface area contributed by atoms with E-state index < -0.39 is 0 Å². The number of carbonyl (C=O) groups is 1. The largest absolute Gasteiger partial charge is 0.349 e. The highest BCUT2D eigenvalue weighted by atomic mass is 16.2. The van der Waals surface area contributed by atoms with Crippen molar-refractivity contribution in [2.24, 2.45) is 5.92 Å². The van der Waals surface area contributed by atoms with Gasteiger partial charge in [0, 0.05) is 12.1 Å². The van der Waals surface area contributed by atoms with Gasteiger partial charge in [0.15, 0.2) is 5.82 Å². The third-order valence-electron chi connectivity index (χ3n) is 4.10. The Kier molecular flexibility index (Phi) is 5.46. The van der Waals surface area contributed by atoms with Crippen LogP contribution in [0, 0.1) is 12.8 Å². The highest BCUT2D eigenvalue weighted by Gasteiger charge is 2.18. The minimum atomic E-state index is -0.241. The molecule has 0 atom stereocenters. The number of nitrogens with zero attached hydrogens (tertiary/aromatic N) is 3. The molecular formula is C21H24N4O. The van der Waals surface area contributed by atoms with E-state index in [1.54, 1.807) is 4.68 Å². The summed E-state index contributed by atoms with van der Waals surface area (Å²) in [5.41, 5.74) is 2.93. The molecule has 3 aromatic rings. The smallest absolute Gasteiger partial charge is 0.290 e. The Morgan fingerprint density at radius 2 is 1.88 bits per heavy atom. The average Bonchev–Trinajstić information content (AvgIpc) is 3.07. The number of hydrogen-bond acceptors (Lipinski definition) is 3. The number of nitrogens with one attached hydrogen (secondary N) is 1. The van der Waals surface area contributed by atoms with Crippen molar-refractivity contribution in [3.05, 3.63) is 66.0 Å². The Balaban J connectivity index is 1.97. The quantitative estimate of drug-likeness (QED) is 0.732. The third-order valence-corrected chi connectivity index (χ3v) is 4.10. The first kappa shape index (κ1) is 17.9. The predicted octanol–water partition coefficient (Wildman–Crippen LogP) is 4.02. The second-order valence-corrected chi connectivity index (χ2v) is 6.81. The maximum Gasteiger partial charge on any atom is 0.290 e. The van der Waals surface area contributed by atoms with Crippen LogP contribution in [0.1, 0.15) is 36.5 Å². The summed E-state index contributed by atoms with van der Waals surface area (Å²) < 4.78 is 1.74. The Hall–Kier alpha value is -2.95. The molecule has 5 nitrogen and oxygen atoms in total. The standard InChI is InChI=1S/C21H24N4O/c1-15(2)12-13-22-21(26)19-23-20(17-9-5-4-6-10-17)25(24-19)18-11-7-8-16(3)14-18/h4-11,14-15H,12-13H2,1-3H3,(H,22,26). The molecule has 26 heavy (non-hydrogen) atoms. The lowest BCUT2D eigenvalue weighted by molar-refractivity contribution is 0.0941. The van der Waals surface area contributed by atoms with Gasteiger partial charge in [-0.3, -0.25) is 4.79 Å². The molecule has 0 spiro atoms. The summed E-state index contributed by atoms with van der Waals surface area (Å²) in [5, 5.41) is 7.40. The predicted molar refractivity (Wildman–Crippen MR) is 103 cm³/mol. The molecule has 1 N–H and O–H groups in total. The number of rotatable bonds is 6. The molecule has 0 aliphatic heterocycles. The van der Waals surface area contributed by atoms with Crippen molar-refractivity contribution in [2.45, 2.75) is 27.2 Å². The van der Waals surface area contributed by atoms with Crippen molar-refractivity contribution in [1.29, 1.82) is 0 Å². The van der Waals surface area contributed by atoms with Gasteiger partial charge in [-0.1, -0.05) is 56.3 Å². The van der Waals surface area contributed by atoms with Crippen molar-refractivity contribution >= 4 is 5.91 Å². The molecule has 5 heteroatoms. The molecule has 3 rings (SSSR count). The lowest BCUT2D eigenvalue weighted by Gasteiger charge is -2.06. The second kappa shape index (κ2) is 7.95. The van der Waals surface area contributed by atoms with Crippen molar-refractivity contribution < 1.29 is 4.79 Å². The first-order chi connectivity index (χ1) is 12.5. The minimum absolute atomic E-state index is 0.189. The molecule has 0 saturated heterocycles. The topological polar surface area (TPSA) is 59.8 Å². The van der Waals surface area contributed by atoms with Gasteiger partial charge < -0.3 is 5.32 Å². The van der Waals surface area contributed by atoms with Crippen molar-refractivity contribution in [2.75, 3.05) is 6.54 Å². The highest BCUT2D eigenvalue weighted by molar-refractivity contribution is 5.91. The van der Waals surface area contributed by atoms with E-state index in [1.165, 1.54) is 0 Å². The van der Waals surface area contributed by atoms with Gasteiger partial charge >= 0.3 is 0 Å². The van der Waals surface area contributed by atoms with E-state index >= 15 is 0 Å². The highest BCUT2D eigenvalue weighted by Crippen LogP contribution is 2.21. The van der Waals surface area contributed by atoms with E-state index in [0.717, 1.165) is 23.2 Å². The van der Waals surface area contributed by atoms with Crippen LogP contribution in [-0.2, 0) is 0 Å². The van der Waals surface area contributed by atoms with Crippen molar-refractivity contribution in [3.8, 4) is 17.1 Å². The van der Waals surface area contributed by atoms with Crippen LogP contribution >= 0.6 is 0 Å². The van der Waals surface area contributed by atoms with Crippen LogP contribution in [0.3, 0.4) is 0 Å². The molecule has 0 unspecified atom stereocenters. The zero-order valence-corrected chi connectivity index (χ0v) is 15.4. The zero-order chi connectivity index (χ0) is 18.5. The summed E-state index contributed by atoms with van der Waals surface area (Å²) in [7, 11) is 0. The molecular weight excluding hydrogens is 324 g/mol. The first-order valence-electron chi connectivity index (χ1n) is 8.92. The number of aromatic nitrogens is 3. The second-order valence-electron chi connectivity index (χ2n) is 6.81. The van der Waals surface area contributed by atoms with Crippen LogP contribution in [0.5, 0.6) is 0 Å². The zero-order valence-electron chi connectivity index (χ0n) is 15.4. The number of amides is 1. The summed E-state index contributed by atoms with van der Waals surface area (Å²) in [5.74, 6) is 1.14.